The molecule has 116 valence electrons. The maximum atomic E-state index is 12.3. The summed E-state index contributed by atoms with van der Waals surface area (Å²) >= 11 is 0. The fourth-order valence-corrected chi connectivity index (χ4v) is 4.52. The number of aliphatic carboxylic acids is 2. The van der Waals surface area contributed by atoms with Gasteiger partial charge in [0.2, 0.25) is 0 Å². The Morgan fingerprint density at radius 1 is 0.870 bits per heavy atom. The van der Waals surface area contributed by atoms with Gasteiger partial charge in [-0.3, -0.25) is 9.59 Å². The second kappa shape index (κ2) is 4.44. The summed E-state index contributed by atoms with van der Waals surface area (Å²) in [6.45, 7) is 0. The van der Waals surface area contributed by atoms with E-state index in [1.807, 2.05) is 54.6 Å². The van der Waals surface area contributed by atoms with E-state index >= 15 is 0 Å². The van der Waals surface area contributed by atoms with Gasteiger partial charge >= 0.3 is 11.9 Å². The second-order valence-electron chi connectivity index (χ2n) is 6.43. The predicted molar refractivity (Wildman–Crippen MR) is 83.3 cm³/mol. The third-order valence-corrected chi connectivity index (χ3v) is 5.53. The van der Waals surface area contributed by atoms with Crippen LogP contribution >= 0.6 is 0 Å². The van der Waals surface area contributed by atoms with Gasteiger partial charge in [0, 0.05) is 11.3 Å². The Balaban J connectivity index is 2.08. The van der Waals surface area contributed by atoms with Crippen LogP contribution in [0.3, 0.4) is 0 Å². The summed E-state index contributed by atoms with van der Waals surface area (Å²) in [7, 11) is 0. The van der Waals surface area contributed by atoms with Crippen LogP contribution in [0.1, 0.15) is 35.4 Å². The Morgan fingerprint density at radius 2 is 1.43 bits per heavy atom. The van der Waals surface area contributed by atoms with Crippen molar-refractivity contribution in [2.75, 3.05) is 0 Å². The topological polar surface area (TPSA) is 74.6 Å². The van der Waals surface area contributed by atoms with E-state index in [1.165, 1.54) is 0 Å². The van der Waals surface area contributed by atoms with E-state index < -0.39 is 28.7 Å². The maximum absolute atomic E-state index is 12.3. The number of hydrogen-bond donors (Lipinski definition) is 2. The van der Waals surface area contributed by atoms with Crippen LogP contribution in [0, 0.1) is 5.41 Å². The predicted octanol–water partition coefficient (Wildman–Crippen LogP) is 3.02. The zero-order chi connectivity index (χ0) is 16.2. The lowest BCUT2D eigenvalue weighted by molar-refractivity contribution is -0.168. The van der Waals surface area contributed by atoms with Crippen molar-refractivity contribution < 1.29 is 19.8 Å². The van der Waals surface area contributed by atoms with E-state index in [4.69, 9.17) is 0 Å². The van der Waals surface area contributed by atoms with Gasteiger partial charge in [-0.1, -0.05) is 54.6 Å². The minimum atomic E-state index is -1.84. The number of rotatable bonds is 3. The molecule has 23 heavy (non-hydrogen) atoms. The molecule has 1 atom stereocenters. The van der Waals surface area contributed by atoms with Crippen molar-refractivity contribution in [3.8, 4) is 0 Å². The quantitative estimate of drug-likeness (QED) is 0.855. The first-order valence-electron chi connectivity index (χ1n) is 7.67. The standard InChI is InChI=1S/C19H16O4/c20-16(21)19(17(22)23)15(12-6-2-1-3-7-12)13-8-4-5-9-14(13)18(19)10-11-18/h1-9,15H,10-11H2,(H,20,21)(H,22,23). The summed E-state index contributed by atoms with van der Waals surface area (Å²) in [5.74, 6) is -3.16. The van der Waals surface area contributed by atoms with Gasteiger partial charge in [0.1, 0.15) is 0 Å². The van der Waals surface area contributed by atoms with E-state index in [1.54, 1.807) is 0 Å². The molecule has 1 spiro atoms. The van der Waals surface area contributed by atoms with E-state index in [9.17, 15) is 19.8 Å². The fraction of sp³-hybridized carbons (Fsp3) is 0.263. The van der Waals surface area contributed by atoms with Crippen LogP contribution in [0.2, 0.25) is 0 Å². The minimum absolute atomic E-state index is 0.603. The zero-order valence-corrected chi connectivity index (χ0v) is 12.4. The molecule has 4 nitrogen and oxygen atoms in total. The van der Waals surface area contributed by atoms with Crippen LogP contribution in [0.4, 0.5) is 0 Å². The monoisotopic (exact) mass is 308 g/mol. The van der Waals surface area contributed by atoms with Crippen molar-refractivity contribution in [2.24, 2.45) is 5.41 Å². The molecule has 0 radical (unpaired) electrons. The highest BCUT2D eigenvalue weighted by molar-refractivity contribution is 6.04. The smallest absolute Gasteiger partial charge is 0.322 e. The van der Waals surface area contributed by atoms with Gasteiger partial charge in [-0.05, 0) is 29.5 Å². The first kappa shape index (κ1) is 14.0. The highest BCUT2D eigenvalue weighted by Crippen LogP contribution is 2.71. The summed E-state index contributed by atoms with van der Waals surface area (Å²) in [6.07, 6.45) is 1.21. The van der Waals surface area contributed by atoms with Crippen LogP contribution in [0.15, 0.2) is 54.6 Å². The number of fused-ring (bicyclic) bond motifs is 2. The largest absolute Gasteiger partial charge is 0.480 e. The number of benzene rings is 2. The summed E-state index contributed by atoms with van der Waals surface area (Å²) in [5.41, 5.74) is -0.159. The lowest BCUT2D eigenvalue weighted by Gasteiger charge is -2.33. The summed E-state index contributed by atoms with van der Waals surface area (Å²) in [4.78, 5) is 24.6. The van der Waals surface area contributed by atoms with Crippen molar-refractivity contribution in [2.45, 2.75) is 24.2 Å². The second-order valence-corrected chi connectivity index (χ2v) is 6.43. The Morgan fingerprint density at radius 3 is 2.00 bits per heavy atom. The third-order valence-electron chi connectivity index (χ3n) is 5.53. The molecule has 4 heteroatoms. The molecule has 0 aliphatic heterocycles. The molecular formula is C19H16O4. The first-order chi connectivity index (χ1) is 11.1. The summed E-state index contributed by atoms with van der Waals surface area (Å²) < 4.78 is 0. The molecule has 0 amide bonds. The van der Waals surface area contributed by atoms with Crippen molar-refractivity contribution in [1.82, 2.24) is 0 Å². The highest BCUT2D eigenvalue weighted by Gasteiger charge is 2.76. The molecule has 0 heterocycles. The fourth-order valence-electron chi connectivity index (χ4n) is 4.52. The van der Waals surface area contributed by atoms with Gasteiger partial charge in [-0.2, -0.15) is 0 Å². The van der Waals surface area contributed by atoms with E-state index in [0.717, 1.165) is 16.7 Å². The van der Waals surface area contributed by atoms with Gasteiger partial charge < -0.3 is 10.2 Å². The first-order valence-corrected chi connectivity index (χ1v) is 7.67. The van der Waals surface area contributed by atoms with Crippen molar-refractivity contribution in [3.05, 3.63) is 71.3 Å². The highest BCUT2D eigenvalue weighted by atomic mass is 16.4. The van der Waals surface area contributed by atoms with Gasteiger partial charge in [-0.25, -0.2) is 0 Å². The maximum Gasteiger partial charge on any atom is 0.322 e. The Bertz CT molecular complexity index is 791. The van der Waals surface area contributed by atoms with Crippen LogP contribution < -0.4 is 0 Å². The van der Waals surface area contributed by atoms with Crippen LogP contribution in [-0.2, 0) is 15.0 Å². The zero-order valence-electron chi connectivity index (χ0n) is 12.4. The molecule has 1 saturated carbocycles. The molecule has 2 aliphatic carbocycles. The molecule has 2 N–H and O–H groups in total. The van der Waals surface area contributed by atoms with Gasteiger partial charge in [-0.15, -0.1) is 0 Å². The number of carbonyl (C=O) groups is 2. The Kier molecular flexibility index (Phi) is 2.71. The van der Waals surface area contributed by atoms with Crippen molar-refractivity contribution in [1.29, 1.82) is 0 Å². The normalized spacial score (nSPS) is 22.5. The molecule has 1 unspecified atom stereocenters. The van der Waals surface area contributed by atoms with Crippen molar-refractivity contribution >= 4 is 11.9 Å². The molecule has 2 aliphatic rings. The molecule has 0 bridgehead atoms. The van der Waals surface area contributed by atoms with Crippen molar-refractivity contribution in [3.63, 3.8) is 0 Å². The summed E-state index contributed by atoms with van der Waals surface area (Å²) in [5, 5.41) is 20.1. The molecule has 1 fully saturated rings. The van der Waals surface area contributed by atoms with Crippen LogP contribution in [0.25, 0.3) is 0 Å². The molecule has 0 aromatic heterocycles. The minimum Gasteiger partial charge on any atom is -0.480 e. The lowest BCUT2D eigenvalue weighted by Crippen LogP contribution is -2.49. The summed E-state index contributed by atoms with van der Waals surface area (Å²) in [6, 6.07) is 16.6. The SMILES string of the molecule is O=C(O)C1(C(=O)O)C(c2ccccc2)c2ccccc2C12CC2. The van der Waals surface area contributed by atoms with E-state index in [-0.39, 0.29) is 0 Å². The van der Waals surface area contributed by atoms with Gasteiger partial charge in [0.25, 0.3) is 0 Å². The molecule has 2 aromatic rings. The number of carboxylic acid groups (broad SMARTS) is 2. The Labute approximate surface area is 133 Å². The molecule has 0 saturated heterocycles. The molecule has 2 aromatic carbocycles. The van der Waals surface area contributed by atoms with Gasteiger partial charge in [0.15, 0.2) is 5.41 Å². The van der Waals surface area contributed by atoms with Crippen LogP contribution in [-0.4, -0.2) is 22.2 Å². The van der Waals surface area contributed by atoms with E-state index in [2.05, 4.69) is 0 Å². The van der Waals surface area contributed by atoms with Gasteiger partial charge in [0.05, 0.1) is 0 Å². The number of hydrogen-bond acceptors (Lipinski definition) is 2. The number of carboxylic acids is 2. The van der Waals surface area contributed by atoms with Crippen LogP contribution in [0.5, 0.6) is 0 Å². The average molecular weight is 308 g/mol. The van der Waals surface area contributed by atoms with E-state index in [0.29, 0.717) is 12.8 Å². The third kappa shape index (κ3) is 1.50. The lowest BCUT2D eigenvalue weighted by atomic mass is 9.65. The molecular weight excluding hydrogens is 292 g/mol. The Hall–Kier alpha value is -2.62. The molecule has 4 rings (SSSR count). The average Bonchev–Trinajstić information content (AvgIpc) is 3.28.